The SMILES string of the molecule is CC(O)(CN)CC(=O)OCC1CCOCC1. The van der Waals surface area contributed by atoms with E-state index in [1.165, 1.54) is 6.92 Å². The molecule has 3 N–H and O–H groups in total. The Labute approximate surface area is 95.9 Å². The zero-order chi connectivity index (χ0) is 12.0. The summed E-state index contributed by atoms with van der Waals surface area (Å²) in [5, 5.41) is 9.58. The fraction of sp³-hybridized carbons (Fsp3) is 0.909. The van der Waals surface area contributed by atoms with Gasteiger partial charge in [0.25, 0.3) is 0 Å². The molecule has 1 heterocycles. The Morgan fingerprint density at radius 1 is 1.56 bits per heavy atom. The van der Waals surface area contributed by atoms with E-state index in [-0.39, 0.29) is 18.9 Å². The van der Waals surface area contributed by atoms with Gasteiger partial charge in [0.1, 0.15) is 0 Å². The zero-order valence-corrected chi connectivity index (χ0v) is 9.78. The van der Waals surface area contributed by atoms with E-state index in [0.717, 1.165) is 26.1 Å². The van der Waals surface area contributed by atoms with Crippen LogP contribution in [0.1, 0.15) is 26.2 Å². The summed E-state index contributed by atoms with van der Waals surface area (Å²) in [4.78, 5) is 11.4. The van der Waals surface area contributed by atoms with Crippen molar-refractivity contribution in [3.63, 3.8) is 0 Å². The third-order valence-electron chi connectivity index (χ3n) is 2.79. The summed E-state index contributed by atoms with van der Waals surface area (Å²) in [7, 11) is 0. The average molecular weight is 231 g/mol. The van der Waals surface area contributed by atoms with Crippen molar-refractivity contribution in [2.75, 3.05) is 26.4 Å². The maximum Gasteiger partial charge on any atom is 0.308 e. The predicted molar refractivity (Wildman–Crippen MR) is 58.8 cm³/mol. The van der Waals surface area contributed by atoms with Gasteiger partial charge in [0.2, 0.25) is 0 Å². The van der Waals surface area contributed by atoms with Gasteiger partial charge in [0, 0.05) is 19.8 Å². The van der Waals surface area contributed by atoms with Crippen molar-refractivity contribution < 1.29 is 19.4 Å². The molecule has 5 nitrogen and oxygen atoms in total. The fourth-order valence-electron chi connectivity index (χ4n) is 1.56. The molecule has 0 radical (unpaired) electrons. The van der Waals surface area contributed by atoms with E-state index in [1.54, 1.807) is 0 Å². The molecule has 1 unspecified atom stereocenters. The third-order valence-corrected chi connectivity index (χ3v) is 2.79. The minimum atomic E-state index is -1.16. The van der Waals surface area contributed by atoms with E-state index >= 15 is 0 Å². The molecule has 94 valence electrons. The first kappa shape index (κ1) is 13.4. The normalized spacial score (nSPS) is 21.4. The molecule has 1 aliphatic heterocycles. The van der Waals surface area contributed by atoms with Crippen LogP contribution in [0.25, 0.3) is 0 Å². The van der Waals surface area contributed by atoms with Gasteiger partial charge in [-0.15, -0.1) is 0 Å². The Hall–Kier alpha value is -0.650. The quantitative estimate of drug-likeness (QED) is 0.654. The second-order valence-electron chi connectivity index (χ2n) is 4.62. The monoisotopic (exact) mass is 231 g/mol. The van der Waals surface area contributed by atoms with Crippen LogP contribution < -0.4 is 5.73 Å². The average Bonchev–Trinajstić information content (AvgIpc) is 2.27. The Morgan fingerprint density at radius 3 is 2.75 bits per heavy atom. The molecule has 1 aliphatic rings. The van der Waals surface area contributed by atoms with E-state index in [1.807, 2.05) is 0 Å². The molecule has 0 bridgehead atoms. The minimum absolute atomic E-state index is 0.0489. The third kappa shape index (κ3) is 4.92. The lowest BCUT2D eigenvalue weighted by Crippen LogP contribution is -2.37. The van der Waals surface area contributed by atoms with Crippen molar-refractivity contribution in [1.29, 1.82) is 0 Å². The first-order valence-corrected chi connectivity index (χ1v) is 5.69. The van der Waals surface area contributed by atoms with Gasteiger partial charge in [0.05, 0.1) is 18.6 Å². The Bertz CT molecular complexity index is 224. The van der Waals surface area contributed by atoms with E-state index in [0.29, 0.717) is 12.5 Å². The lowest BCUT2D eigenvalue weighted by atomic mass is 10.0. The van der Waals surface area contributed by atoms with Crippen LogP contribution in [0, 0.1) is 5.92 Å². The molecule has 0 aromatic carbocycles. The molecule has 5 heteroatoms. The standard InChI is InChI=1S/C11H21NO4/c1-11(14,8-12)6-10(13)16-7-9-2-4-15-5-3-9/h9,14H,2-8,12H2,1H3. The number of nitrogens with two attached hydrogens (primary N) is 1. The van der Waals surface area contributed by atoms with Gasteiger partial charge in [-0.25, -0.2) is 0 Å². The van der Waals surface area contributed by atoms with Crippen molar-refractivity contribution in [2.24, 2.45) is 11.7 Å². The van der Waals surface area contributed by atoms with E-state index in [2.05, 4.69) is 0 Å². The fourth-order valence-corrected chi connectivity index (χ4v) is 1.56. The molecule has 0 aromatic rings. The summed E-state index contributed by atoms with van der Waals surface area (Å²) in [5.74, 6) is 0.00228. The summed E-state index contributed by atoms with van der Waals surface area (Å²) in [6, 6.07) is 0. The van der Waals surface area contributed by atoms with Crippen LogP contribution in [0.2, 0.25) is 0 Å². The van der Waals surface area contributed by atoms with E-state index in [9.17, 15) is 9.90 Å². The Kier molecular flexibility index (Phi) is 5.18. The van der Waals surface area contributed by atoms with Gasteiger partial charge in [-0.1, -0.05) is 0 Å². The summed E-state index contributed by atoms with van der Waals surface area (Å²) in [6.45, 7) is 3.48. The van der Waals surface area contributed by atoms with Crippen LogP contribution >= 0.6 is 0 Å². The summed E-state index contributed by atoms with van der Waals surface area (Å²) in [6.07, 6.45) is 1.81. The number of esters is 1. The smallest absolute Gasteiger partial charge is 0.308 e. The molecule has 1 saturated heterocycles. The van der Waals surface area contributed by atoms with Crippen LogP contribution in [0.4, 0.5) is 0 Å². The number of hydrogen-bond acceptors (Lipinski definition) is 5. The first-order valence-electron chi connectivity index (χ1n) is 5.69. The second kappa shape index (κ2) is 6.18. The van der Waals surface area contributed by atoms with Crippen LogP contribution in [0.15, 0.2) is 0 Å². The summed E-state index contributed by atoms with van der Waals surface area (Å²) < 4.78 is 10.3. The minimum Gasteiger partial charge on any atom is -0.465 e. The Morgan fingerprint density at radius 2 is 2.19 bits per heavy atom. The molecule has 0 spiro atoms. The van der Waals surface area contributed by atoms with Crippen molar-refractivity contribution in [3.05, 3.63) is 0 Å². The molecule has 1 atom stereocenters. The largest absolute Gasteiger partial charge is 0.465 e. The molecular formula is C11H21NO4. The van der Waals surface area contributed by atoms with Gasteiger partial charge in [0.15, 0.2) is 0 Å². The highest BCUT2D eigenvalue weighted by Gasteiger charge is 2.24. The zero-order valence-electron chi connectivity index (χ0n) is 9.78. The molecule has 0 amide bonds. The number of rotatable bonds is 5. The van der Waals surface area contributed by atoms with Crippen molar-refractivity contribution in [1.82, 2.24) is 0 Å². The number of ether oxygens (including phenoxy) is 2. The summed E-state index contributed by atoms with van der Waals surface area (Å²) in [5.41, 5.74) is 4.16. The van der Waals surface area contributed by atoms with Crippen molar-refractivity contribution >= 4 is 5.97 Å². The molecule has 0 aromatic heterocycles. The number of aliphatic hydroxyl groups is 1. The molecule has 1 rings (SSSR count). The topological polar surface area (TPSA) is 81.8 Å². The molecule has 0 aliphatic carbocycles. The number of carbonyl (C=O) groups excluding carboxylic acids is 1. The van der Waals surface area contributed by atoms with Gasteiger partial charge in [-0.05, 0) is 25.7 Å². The highest BCUT2D eigenvalue weighted by atomic mass is 16.5. The first-order chi connectivity index (χ1) is 7.53. The van der Waals surface area contributed by atoms with Crippen LogP contribution in [-0.2, 0) is 14.3 Å². The lowest BCUT2D eigenvalue weighted by Gasteiger charge is -2.23. The second-order valence-corrected chi connectivity index (χ2v) is 4.62. The maximum atomic E-state index is 11.4. The predicted octanol–water partition coefficient (Wildman–Crippen LogP) is 0.0560. The van der Waals surface area contributed by atoms with Crippen molar-refractivity contribution in [2.45, 2.75) is 31.8 Å². The molecule has 16 heavy (non-hydrogen) atoms. The van der Waals surface area contributed by atoms with Crippen LogP contribution in [-0.4, -0.2) is 43.0 Å². The maximum absolute atomic E-state index is 11.4. The number of carbonyl (C=O) groups is 1. The van der Waals surface area contributed by atoms with Crippen molar-refractivity contribution in [3.8, 4) is 0 Å². The number of hydrogen-bond donors (Lipinski definition) is 2. The van der Waals surface area contributed by atoms with E-state index in [4.69, 9.17) is 15.2 Å². The molecule has 0 saturated carbocycles. The van der Waals surface area contributed by atoms with Crippen LogP contribution in [0.5, 0.6) is 0 Å². The van der Waals surface area contributed by atoms with Gasteiger partial charge in [-0.2, -0.15) is 0 Å². The molecular weight excluding hydrogens is 210 g/mol. The lowest BCUT2D eigenvalue weighted by molar-refractivity contribution is -0.150. The van der Waals surface area contributed by atoms with E-state index < -0.39 is 5.60 Å². The van der Waals surface area contributed by atoms with Gasteiger partial charge >= 0.3 is 5.97 Å². The Balaban J connectivity index is 2.19. The highest BCUT2D eigenvalue weighted by molar-refractivity contribution is 5.70. The highest BCUT2D eigenvalue weighted by Crippen LogP contribution is 2.16. The van der Waals surface area contributed by atoms with Gasteiger partial charge in [-0.3, -0.25) is 4.79 Å². The molecule has 1 fully saturated rings. The van der Waals surface area contributed by atoms with Gasteiger partial charge < -0.3 is 20.3 Å². The summed E-state index contributed by atoms with van der Waals surface area (Å²) >= 11 is 0. The van der Waals surface area contributed by atoms with Crippen LogP contribution in [0.3, 0.4) is 0 Å².